The summed E-state index contributed by atoms with van der Waals surface area (Å²) < 4.78 is 0. The maximum atomic E-state index is 5.41. The quantitative estimate of drug-likeness (QED) is 0.168. The summed E-state index contributed by atoms with van der Waals surface area (Å²) in [6.45, 7) is 4.66. The second kappa shape index (κ2) is 14.5. The minimum atomic E-state index is -0.159. The van der Waals surface area contributed by atoms with Crippen LogP contribution in [-0.2, 0) is 5.41 Å². The minimum absolute atomic E-state index is 0.159. The lowest BCUT2D eigenvalue weighted by Gasteiger charge is -2.22. The molecular formula is C59H40N4. The summed E-state index contributed by atoms with van der Waals surface area (Å²) in [5.41, 5.74) is 15.1. The first-order valence-electron chi connectivity index (χ1n) is 21.5. The molecule has 11 aromatic rings. The zero-order valence-corrected chi connectivity index (χ0v) is 34.9. The van der Waals surface area contributed by atoms with Gasteiger partial charge in [0.05, 0.1) is 11.2 Å². The number of nitrogens with zero attached hydrogens (tertiary/aromatic N) is 4. The molecule has 0 bridgehead atoms. The van der Waals surface area contributed by atoms with Crippen molar-refractivity contribution >= 4 is 32.4 Å². The molecule has 1 aliphatic rings. The van der Waals surface area contributed by atoms with E-state index in [-0.39, 0.29) is 5.41 Å². The number of hydrogen-bond acceptors (Lipinski definition) is 4. The molecule has 0 saturated heterocycles. The molecule has 0 spiro atoms. The van der Waals surface area contributed by atoms with Crippen molar-refractivity contribution in [1.82, 2.24) is 19.9 Å². The van der Waals surface area contributed by atoms with Crippen molar-refractivity contribution in [1.29, 1.82) is 0 Å². The highest BCUT2D eigenvalue weighted by Gasteiger charge is 2.36. The highest BCUT2D eigenvalue weighted by molar-refractivity contribution is 6.03. The molecule has 12 rings (SSSR count). The van der Waals surface area contributed by atoms with Crippen LogP contribution in [0.4, 0.5) is 0 Å². The summed E-state index contributed by atoms with van der Waals surface area (Å²) in [6, 6.07) is 73.3. The van der Waals surface area contributed by atoms with Crippen molar-refractivity contribution in [2.75, 3.05) is 0 Å². The van der Waals surface area contributed by atoms with Gasteiger partial charge in [-0.15, -0.1) is 0 Å². The van der Waals surface area contributed by atoms with Crippen molar-refractivity contribution in [2.24, 2.45) is 0 Å². The molecule has 0 unspecified atom stereocenters. The molecule has 2 aromatic heterocycles. The van der Waals surface area contributed by atoms with E-state index in [2.05, 4.69) is 220 Å². The maximum Gasteiger partial charge on any atom is 0.164 e. The molecule has 1 aliphatic carbocycles. The Hall–Kier alpha value is -8.08. The van der Waals surface area contributed by atoms with E-state index in [0.29, 0.717) is 17.5 Å². The van der Waals surface area contributed by atoms with Crippen molar-refractivity contribution < 1.29 is 0 Å². The smallest absolute Gasteiger partial charge is 0.164 e. The van der Waals surface area contributed by atoms with Gasteiger partial charge in [-0.25, -0.2) is 19.9 Å². The van der Waals surface area contributed by atoms with Crippen LogP contribution in [0.3, 0.4) is 0 Å². The molecule has 0 fully saturated rings. The summed E-state index contributed by atoms with van der Waals surface area (Å²) in [7, 11) is 0. The Morgan fingerprint density at radius 2 is 0.825 bits per heavy atom. The second-order valence-corrected chi connectivity index (χ2v) is 17.0. The van der Waals surface area contributed by atoms with E-state index < -0.39 is 0 Å². The summed E-state index contributed by atoms with van der Waals surface area (Å²) in [5, 5.41) is 5.55. The van der Waals surface area contributed by atoms with E-state index >= 15 is 0 Å². The van der Waals surface area contributed by atoms with Crippen LogP contribution in [0.1, 0.15) is 25.0 Å². The molecule has 4 nitrogen and oxygen atoms in total. The Labute approximate surface area is 366 Å². The summed E-state index contributed by atoms with van der Waals surface area (Å²) in [5.74, 6) is 1.86. The maximum absolute atomic E-state index is 5.41. The van der Waals surface area contributed by atoms with Gasteiger partial charge in [-0.1, -0.05) is 184 Å². The van der Waals surface area contributed by atoms with E-state index in [9.17, 15) is 0 Å². The summed E-state index contributed by atoms with van der Waals surface area (Å²) in [4.78, 5) is 21.4. The third kappa shape index (κ3) is 6.22. The Bertz CT molecular complexity index is 3490. The molecule has 4 heteroatoms. The first-order chi connectivity index (χ1) is 31.0. The fourth-order valence-corrected chi connectivity index (χ4v) is 9.71. The summed E-state index contributed by atoms with van der Waals surface area (Å²) >= 11 is 0. The molecule has 63 heavy (non-hydrogen) atoms. The van der Waals surface area contributed by atoms with Crippen LogP contribution in [0.5, 0.6) is 0 Å². The van der Waals surface area contributed by atoms with Gasteiger partial charge in [0, 0.05) is 33.1 Å². The van der Waals surface area contributed by atoms with Gasteiger partial charge >= 0.3 is 0 Å². The third-order valence-electron chi connectivity index (χ3n) is 12.9. The van der Waals surface area contributed by atoms with E-state index in [0.717, 1.165) is 82.6 Å². The number of fused-ring (bicyclic) bond motifs is 6. The molecule has 2 heterocycles. The van der Waals surface area contributed by atoms with Gasteiger partial charge in [0.25, 0.3) is 0 Å². The van der Waals surface area contributed by atoms with Gasteiger partial charge in [0.1, 0.15) is 0 Å². The molecule has 0 N–H and O–H groups in total. The van der Waals surface area contributed by atoms with Gasteiger partial charge < -0.3 is 0 Å². The van der Waals surface area contributed by atoms with Crippen LogP contribution in [0.2, 0.25) is 0 Å². The van der Waals surface area contributed by atoms with Crippen LogP contribution in [0, 0.1) is 0 Å². The lowest BCUT2D eigenvalue weighted by molar-refractivity contribution is 0.661. The van der Waals surface area contributed by atoms with Crippen LogP contribution in [-0.4, -0.2) is 19.9 Å². The van der Waals surface area contributed by atoms with Gasteiger partial charge in [-0.2, -0.15) is 0 Å². The number of hydrogen-bond donors (Lipinski definition) is 0. The SMILES string of the molecule is CC1(C)c2ccccc2-c2cc3c(-c4cc(-c5ccccc5)cc(-c5nc(-c6cccc7ccccc67)nc(-c6cccc7ccccc67)n5)c4)cc(-c4ccccc4)nc3cc21. The zero-order valence-electron chi connectivity index (χ0n) is 34.9. The Balaban J connectivity index is 1.15. The number of aromatic nitrogens is 4. The van der Waals surface area contributed by atoms with Gasteiger partial charge in [-0.05, 0) is 102 Å². The first-order valence-corrected chi connectivity index (χ1v) is 21.5. The Morgan fingerprint density at radius 3 is 1.51 bits per heavy atom. The van der Waals surface area contributed by atoms with Crippen LogP contribution in [0.25, 0.3) is 111 Å². The highest BCUT2D eigenvalue weighted by atomic mass is 15.0. The van der Waals surface area contributed by atoms with Crippen molar-refractivity contribution in [2.45, 2.75) is 19.3 Å². The fourth-order valence-electron chi connectivity index (χ4n) is 9.71. The molecule has 0 amide bonds. The number of benzene rings is 9. The van der Waals surface area contributed by atoms with Gasteiger partial charge in [0.2, 0.25) is 0 Å². The molecule has 0 saturated carbocycles. The van der Waals surface area contributed by atoms with Crippen molar-refractivity contribution in [3.63, 3.8) is 0 Å². The predicted molar refractivity (Wildman–Crippen MR) is 260 cm³/mol. The lowest BCUT2D eigenvalue weighted by atomic mass is 9.82. The van der Waals surface area contributed by atoms with E-state index in [4.69, 9.17) is 19.9 Å². The molecule has 0 radical (unpaired) electrons. The summed E-state index contributed by atoms with van der Waals surface area (Å²) in [6.07, 6.45) is 0. The van der Waals surface area contributed by atoms with E-state index in [1.165, 1.54) is 22.3 Å². The topological polar surface area (TPSA) is 51.6 Å². The van der Waals surface area contributed by atoms with Crippen molar-refractivity contribution in [3.8, 4) is 78.8 Å². The largest absolute Gasteiger partial charge is 0.248 e. The standard InChI is InChI=1S/C59H40N4/c1-59(2)52-30-14-13-27-46(52)50-34-51-49(35-54(40-21-7-4-8-22-40)60-55(51)36-53(50)59)42-31-41(37-17-5-3-6-18-37)32-43(33-42)56-61-57(47-28-15-23-38-19-9-11-25-44(38)47)63-58(62-56)48-29-16-24-39-20-10-12-26-45(39)48/h3-36H,1-2H3. The minimum Gasteiger partial charge on any atom is -0.248 e. The van der Waals surface area contributed by atoms with E-state index in [1.807, 2.05) is 0 Å². The van der Waals surface area contributed by atoms with Crippen LogP contribution >= 0.6 is 0 Å². The van der Waals surface area contributed by atoms with E-state index in [1.54, 1.807) is 0 Å². The lowest BCUT2D eigenvalue weighted by Crippen LogP contribution is -2.14. The zero-order chi connectivity index (χ0) is 42.1. The fraction of sp³-hybridized carbons (Fsp3) is 0.0508. The average Bonchev–Trinajstić information content (AvgIpc) is 3.57. The Morgan fingerprint density at radius 1 is 0.302 bits per heavy atom. The number of pyridine rings is 1. The van der Waals surface area contributed by atoms with Crippen molar-refractivity contribution in [3.05, 3.63) is 217 Å². The molecule has 0 aliphatic heterocycles. The monoisotopic (exact) mass is 804 g/mol. The third-order valence-corrected chi connectivity index (χ3v) is 12.9. The molecule has 296 valence electrons. The van der Waals surface area contributed by atoms with Gasteiger partial charge in [-0.3, -0.25) is 0 Å². The second-order valence-electron chi connectivity index (χ2n) is 17.0. The van der Waals surface area contributed by atoms with Gasteiger partial charge in [0.15, 0.2) is 17.5 Å². The predicted octanol–water partition coefficient (Wildman–Crippen LogP) is 15.0. The molecule has 9 aromatic carbocycles. The molecule has 0 atom stereocenters. The first kappa shape index (κ1) is 36.7. The highest BCUT2D eigenvalue weighted by Crippen LogP contribution is 2.51. The van der Waals surface area contributed by atoms with Crippen LogP contribution < -0.4 is 0 Å². The Kier molecular flexibility index (Phi) is 8.48. The molecular weight excluding hydrogens is 765 g/mol. The number of rotatable bonds is 6. The van der Waals surface area contributed by atoms with Crippen LogP contribution in [0.15, 0.2) is 206 Å². The average molecular weight is 805 g/mol. The normalized spacial score (nSPS) is 12.7.